The first-order valence-corrected chi connectivity index (χ1v) is 10.2. The lowest BCUT2D eigenvalue weighted by molar-refractivity contribution is 0.0913. The van der Waals surface area contributed by atoms with Crippen LogP contribution in [0.5, 0.6) is 11.5 Å². The van der Waals surface area contributed by atoms with E-state index in [9.17, 15) is 4.79 Å². The molecule has 2 heterocycles. The van der Waals surface area contributed by atoms with E-state index >= 15 is 0 Å². The number of nitrogens with one attached hydrogen (secondary N) is 1. The average Bonchev–Trinajstić information content (AvgIpc) is 3.23. The zero-order valence-corrected chi connectivity index (χ0v) is 17.8. The number of hydrogen-bond donors (Lipinski definition) is 1. The lowest BCUT2D eigenvalue weighted by Crippen LogP contribution is -2.40. The Morgan fingerprint density at radius 1 is 1.22 bits per heavy atom. The van der Waals surface area contributed by atoms with Crippen molar-refractivity contribution in [3.05, 3.63) is 45.4 Å². The number of piperidine rings is 1. The third kappa shape index (κ3) is 4.76. The van der Waals surface area contributed by atoms with E-state index in [0.29, 0.717) is 23.6 Å². The SMILES string of the molecule is COc1cc(I)c(C(=O)NCC(c2ccco2)N2CCCCC2)cc1OC. The van der Waals surface area contributed by atoms with Crippen molar-refractivity contribution in [2.24, 2.45) is 0 Å². The maximum Gasteiger partial charge on any atom is 0.252 e. The number of ether oxygens (including phenoxy) is 2. The predicted octanol–water partition coefficient (Wildman–Crippen LogP) is 3.86. The topological polar surface area (TPSA) is 63.9 Å². The van der Waals surface area contributed by atoms with Crippen molar-refractivity contribution < 1.29 is 18.7 Å². The van der Waals surface area contributed by atoms with Gasteiger partial charge in [-0.15, -0.1) is 0 Å². The van der Waals surface area contributed by atoms with E-state index < -0.39 is 0 Å². The molecule has 1 unspecified atom stereocenters. The number of halogens is 1. The number of amides is 1. The van der Waals surface area contributed by atoms with E-state index in [2.05, 4.69) is 32.8 Å². The van der Waals surface area contributed by atoms with Gasteiger partial charge in [-0.05, 0) is 72.8 Å². The standard InChI is InChI=1S/C20H25IN2O4/c1-25-18-11-14(15(21)12-19(18)26-2)20(24)22-13-16(17-7-6-10-27-17)23-8-4-3-5-9-23/h6-7,10-12,16H,3-5,8-9,13H2,1-2H3,(H,22,24). The number of rotatable bonds is 7. The first-order valence-electron chi connectivity index (χ1n) is 9.11. The lowest BCUT2D eigenvalue weighted by atomic mass is 10.1. The van der Waals surface area contributed by atoms with Gasteiger partial charge in [0.25, 0.3) is 5.91 Å². The number of carbonyl (C=O) groups is 1. The normalized spacial score (nSPS) is 16.0. The number of nitrogens with zero attached hydrogens (tertiary/aromatic N) is 1. The monoisotopic (exact) mass is 484 g/mol. The minimum atomic E-state index is -0.131. The zero-order chi connectivity index (χ0) is 19.2. The molecule has 1 aliphatic heterocycles. The Kier molecular flexibility index (Phi) is 7.01. The number of benzene rings is 1. The van der Waals surface area contributed by atoms with Crippen LogP contribution in [0.4, 0.5) is 0 Å². The molecule has 27 heavy (non-hydrogen) atoms. The summed E-state index contributed by atoms with van der Waals surface area (Å²) >= 11 is 2.14. The van der Waals surface area contributed by atoms with E-state index in [1.54, 1.807) is 26.5 Å². The van der Waals surface area contributed by atoms with Crippen LogP contribution in [-0.2, 0) is 0 Å². The highest BCUT2D eigenvalue weighted by Crippen LogP contribution is 2.31. The molecule has 0 bridgehead atoms. The summed E-state index contributed by atoms with van der Waals surface area (Å²) in [5.41, 5.74) is 0.574. The molecule has 0 saturated carbocycles. The number of methoxy groups -OCH3 is 2. The van der Waals surface area contributed by atoms with Gasteiger partial charge in [0, 0.05) is 10.1 Å². The molecule has 2 aromatic rings. The van der Waals surface area contributed by atoms with Crippen molar-refractivity contribution in [2.45, 2.75) is 25.3 Å². The van der Waals surface area contributed by atoms with Crippen LogP contribution in [0.1, 0.15) is 41.4 Å². The van der Waals surface area contributed by atoms with Gasteiger partial charge >= 0.3 is 0 Å². The highest BCUT2D eigenvalue weighted by molar-refractivity contribution is 14.1. The largest absolute Gasteiger partial charge is 0.493 e. The fourth-order valence-corrected chi connectivity index (χ4v) is 4.12. The second kappa shape index (κ2) is 9.45. The minimum absolute atomic E-state index is 0.0436. The first kappa shape index (κ1) is 20.0. The van der Waals surface area contributed by atoms with Crippen molar-refractivity contribution in [1.82, 2.24) is 10.2 Å². The number of likely N-dealkylation sites (tertiary alicyclic amines) is 1. The summed E-state index contributed by atoms with van der Waals surface area (Å²) in [6.45, 7) is 2.54. The second-order valence-electron chi connectivity index (χ2n) is 6.52. The molecular formula is C20H25IN2O4. The molecule has 146 valence electrons. The highest BCUT2D eigenvalue weighted by atomic mass is 127. The highest BCUT2D eigenvalue weighted by Gasteiger charge is 2.25. The summed E-state index contributed by atoms with van der Waals surface area (Å²) in [4.78, 5) is 15.2. The lowest BCUT2D eigenvalue weighted by Gasteiger charge is -2.33. The molecule has 3 rings (SSSR count). The van der Waals surface area contributed by atoms with Crippen molar-refractivity contribution >= 4 is 28.5 Å². The van der Waals surface area contributed by atoms with Crippen LogP contribution < -0.4 is 14.8 Å². The fraction of sp³-hybridized carbons (Fsp3) is 0.450. The molecule has 6 nitrogen and oxygen atoms in total. The maximum absolute atomic E-state index is 12.8. The smallest absolute Gasteiger partial charge is 0.252 e. The van der Waals surface area contributed by atoms with Crippen LogP contribution in [0.25, 0.3) is 0 Å². The molecule has 1 N–H and O–H groups in total. The maximum atomic E-state index is 12.8. The van der Waals surface area contributed by atoms with Crippen molar-refractivity contribution in [2.75, 3.05) is 33.9 Å². The minimum Gasteiger partial charge on any atom is -0.493 e. The molecule has 1 aromatic heterocycles. The summed E-state index contributed by atoms with van der Waals surface area (Å²) in [6, 6.07) is 7.45. The predicted molar refractivity (Wildman–Crippen MR) is 111 cm³/mol. The van der Waals surface area contributed by atoms with E-state index in [1.165, 1.54) is 19.3 Å². The third-order valence-corrected chi connectivity index (χ3v) is 5.77. The summed E-state index contributed by atoms with van der Waals surface area (Å²) in [5.74, 6) is 1.91. The van der Waals surface area contributed by atoms with Crippen LogP contribution in [0.3, 0.4) is 0 Å². The van der Waals surface area contributed by atoms with Crippen LogP contribution in [-0.4, -0.2) is 44.7 Å². The van der Waals surface area contributed by atoms with E-state index in [-0.39, 0.29) is 11.9 Å². The second-order valence-corrected chi connectivity index (χ2v) is 7.69. The summed E-state index contributed by atoms with van der Waals surface area (Å²) in [7, 11) is 3.15. The van der Waals surface area contributed by atoms with Crippen LogP contribution in [0, 0.1) is 3.57 Å². The Labute approximate surface area is 173 Å². The molecule has 1 amide bonds. The van der Waals surface area contributed by atoms with Gasteiger partial charge in [-0.25, -0.2) is 0 Å². The van der Waals surface area contributed by atoms with Gasteiger partial charge in [0.15, 0.2) is 11.5 Å². The zero-order valence-electron chi connectivity index (χ0n) is 15.7. The summed E-state index contributed by atoms with van der Waals surface area (Å²) in [5, 5.41) is 3.07. The van der Waals surface area contributed by atoms with Crippen molar-refractivity contribution in [3.8, 4) is 11.5 Å². The van der Waals surface area contributed by atoms with Crippen LogP contribution in [0.15, 0.2) is 34.9 Å². The Balaban J connectivity index is 1.74. The summed E-state index contributed by atoms with van der Waals surface area (Å²) < 4.78 is 17.1. The molecule has 0 spiro atoms. The molecule has 1 saturated heterocycles. The molecule has 1 aliphatic rings. The molecule has 7 heteroatoms. The number of furan rings is 1. The van der Waals surface area contributed by atoms with Crippen LogP contribution >= 0.6 is 22.6 Å². The van der Waals surface area contributed by atoms with Gasteiger partial charge in [-0.3, -0.25) is 9.69 Å². The Morgan fingerprint density at radius 3 is 2.56 bits per heavy atom. The molecule has 0 radical (unpaired) electrons. The molecule has 0 aliphatic carbocycles. The summed E-state index contributed by atoms with van der Waals surface area (Å²) in [6.07, 6.45) is 5.31. The first-order chi connectivity index (χ1) is 13.1. The Hall–Kier alpha value is -1.74. The quantitative estimate of drug-likeness (QED) is 0.605. The Morgan fingerprint density at radius 2 is 1.93 bits per heavy atom. The average molecular weight is 484 g/mol. The van der Waals surface area contributed by atoms with E-state index in [4.69, 9.17) is 13.9 Å². The van der Waals surface area contributed by atoms with Crippen molar-refractivity contribution in [1.29, 1.82) is 0 Å². The molecule has 1 fully saturated rings. The van der Waals surface area contributed by atoms with Crippen LogP contribution in [0.2, 0.25) is 0 Å². The van der Waals surface area contributed by atoms with Crippen molar-refractivity contribution in [3.63, 3.8) is 0 Å². The van der Waals surface area contributed by atoms with Gasteiger partial charge in [0.05, 0.1) is 32.1 Å². The molecular weight excluding hydrogens is 459 g/mol. The molecule has 1 atom stereocenters. The number of hydrogen-bond acceptors (Lipinski definition) is 5. The Bertz CT molecular complexity index is 758. The van der Waals surface area contributed by atoms with E-state index in [0.717, 1.165) is 22.4 Å². The van der Waals surface area contributed by atoms with Gasteiger partial charge in [-0.2, -0.15) is 0 Å². The fourth-order valence-electron chi connectivity index (χ4n) is 3.43. The van der Waals surface area contributed by atoms with Gasteiger partial charge in [0.1, 0.15) is 5.76 Å². The van der Waals surface area contributed by atoms with Gasteiger partial charge in [-0.1, -0.05) is 6.42 Å². The van der Waals surface area contributed by atoms with Gasteiger partial charge in [0.2, 0.25) is 0 Å². The third-order valence-electron chi connectivity index (χ3n) is 4.88. The van der Waals surface area contributed by atoms with Gasteiger partial charge < -0.3 is 19.2 Å². The molecule has 1 aromatic carbocycles. The van der Waals surface area contributed by atoms with E-state index in [1.807, 2.05) is 18.2 Å². The number of carbonyl (C=O) groups excluding carboxylic acids is 1.